The molecule has 5 heteroatoms. The van der Waals surface area contributed by atoms with Crippen molar-refractivity contribution in [1.82, 2.24) is 4.98 Å². The molecule has 0 radical (unpaired) electrons. The van der Waals surface area contributed by atoms with Gasteiger partial charge in [-0.15, -0.1) is 0 Å². The van der Waals surface area contributed by atoms with Gasteiger partial charge in [0.25, 0.3) is 5.69 Å². The van der Waals surface area contributed by atoms with E-state index < -0.39 is 5.54 Å². The van der Waals surface area contributed by atoms with Crippen LogP contribution in [0.5, 0.6) is 0 Å². The van der Waals surface area contributed by atoms with Gasteiger partial charge in [0.1, 0.15) is 17.4 Å². The molecule has 0 aromatic carbocycles. The average Bonchev–Trinajstić information content (AvgIpc) is 2.01. The van der Waals surface area contributed by atoms with Gasteiger partial charge in [0.05, 0.1) is 0 Å². The Balaban J connectivity index is 3.07. The normalized spacial score (nSPS) is 12.9. The molecule has 0 aliphatic heterocycles. The summed E-state index contributed by atoms with van der Waals surface area (Å²) in [6.45, 7) is 5.51. The molecule has 76 valence electrons. The Morgan fingerprint density at radius 1 is 1.50 bits per heavy atom. The molecule has 0 saturated heterocycles. The Morgan fingerprint density at radius 2 is 2.14 bits per heavy atom. The van der Waals surface area contributed by atoms with Crippen molar-refractivity contribution in [3.8, 4) is 0 Å². The maximum Gasteiger partial charge on any atom is 0.285 e. The highest BCUT2D eigenvalue weighted by atomic mass is 16.5. The number of pyridine rings is 1. The van der Waals surface area contributed by atoms with E-state index in [0.717, 1.165) is 0 Å². The minimum absolute atomic E-state index is 0.280. The monoisotopic (exact) mass is 194 g/mol. The van der Waals surface area contributed by atoms with E-state index in [1.165, 1.54) is 12.4 Å². The molecule has 2 N–H and O–H groups in total. The van der Waals surface area contributed by atoms with Gasteiger partial charge in [-0.2, -0.15) is 0 Å². The fourth-order valence-corrected chi connectivity index (χ4v) is 0.883. The fourth-order valence-electron chi connectivity index (χ4n) is 0.883. The van der Waals surface area contributed by atoms with Crippen molar-refractivity contribution in [3.63, 3.8) is 0 Å². The van der Waals surface area contributed by atoms with Crippen LogP contribution in [-0.4, -0.2) is 15.4 Å². The lowest BCUT2D eigenvalue weighted by molar-refractivity contribution is -0.449. The van der Waals surface area contributed by atoms with Crippen molar-refractivity contribution in [2.75, 3.05) is 5.73 Å². The Hall–Kier alpha value is -1.65. The second kappa shape index (κ2) is 3.61. The summed E-state index contributed by atoms with van der Waals surface area (Å²) in [5.41, 5.74) is 5.83. The van der Waals surface area contributed by atoms with Crippen LogP contribution in [-0.2, 0) is 0 Å². The van der Waals surface area contributed by atoms with Crippen LogP contribution in [0.25, 0.3) is 0 Å². The van der Waals surface area contributed by atoms with Gasteiger partial charge in [-0.3, -0.25) is 4.98 Å². The molecule has 1 rings (SSSR count). The van der Waals surface area contributed by atoms with E-state index in [4.69, 9.17) is 5.73 Å². The van der Waals surface area contributed by atoms with E-state index in [0.29, 0.717) is 10.5 Å². The molecule has 0 bridgehead atoms. The van der Waals surface area contributed by atoms with Crippen molar-refractivity contribution in [3.05, 3.63) is 23.7 Å². The van der Waals surface area contributed by atoms with E-state index in [1.54, 1.807) is 6.07 Å². The van der Waals surface area contributed by atoms with Crippen LogP contribution in [0.3, 0.4) is 0 Å². The quantitative estimate of drug-likeness (QED) is 0.422. The van der Waals surface area contributed by atoms with Gasteiger partial charge in [-0.1, -0.05) is 4.86 Å². The van der Waals surface area contributed by atoms with Crippen LogP contribution >= 0.6 is 0 Å². The maximum atomic E-state index is 11.5. The van der Waals surface area contributed by atoms with Crippen molar-refractivity contribution >= 4 is 11.4 Å². The maximum absolute atomic E-state index is 11.5. The van der Waals surface area contributed by atoms with E-state index >= 15 is 0 Å². The smallest absolute Gasteiger partial charge is 0.285 e. The Labute approximate surface area is 82.9 Å². The molecular weight excluding hydrogens is 180 g/mol. The zero-order valence-electron chi connectivity index (χ0n) is 8.56. The van der Waals surface area contributed by atoms with Gasteiger partial charge >= 0.3 is 0 Å². The molecular formula is C9H14N4O. The largest absolute Gasteiger partial charge is 0.594 e. The molecule has 0 atom stereocenters. The van der Waals surface area contributed by atoms with Gasteiger partial charge < -0.3 is 10.9 Å². The molecule has 0 fully saturated rings. The van der Waals surface area contributed by atoms with Gasteiger partial charge in [0, 0.05) is 6.20 Å². The number of aromatic nitrogens is 1. The van der Waals surface area contributed by atoms with Crippen LogP contribution < -0.4 is 5.73 Å². The molecule has 0 saturated carbocycles. The SMILES string of the molecule is CC(C)(C)N=[N+]([O-])c1cnccc1N. The first kappa shape index (κ1) is 10.4. The predicted molar refractivity (Wildman–Crippen MR) is 54.1 cm³/mol. The molecule has 0 spiro atoms. The van der Waals surface area contributed by atoms with Crippen LogP contribution in [0.2, 0.25) is 0 Å². The Kier molecular flexibility index (Phi) is 2.69. The number of hydrogen-bond acceptors (Lipinski definition) is 4. The average molecular weight is 194 g/mol. The standard InChI is InChI=1S/C9H14N4O/c1-9(2,3)12-13(14)8-6-11-5-4-7(8)10/h4-6H,1-3H3,(H2,10,11). The first-order valence-electron chi connectivity index (χ1n) is 4.30. The van der Waals surface area contributed by atoms with Crippen molar-refractivity contribution in [1.29, 1.82) is 0 Å². The third-order valence-electron chi connectivity index (χ3n) is 1.43. The third kappa shape index (κ3) is 2.69. The lowest BCUT2D eigenvalue weighted by Gasteiger charge is -2.09. The van der Waals surface area contributed by atoms with E-state index in [2.05, 4.69) is 10.1 Å². The van der Waals surface area contributed by atoms with Crippen LogP contribution in [0, 0.1) is 5.21 Å². The highest BCUT2D eigenvalue weighted by Gasteiger charge is 2.16. The van der Waals surface area contributed by atoms with Crippen LogP contribution in [0.15, 0.2) is 23.6 Å². The Morgan fingerprint density at radius 3 is 2.64 bits per heavy atom. The summed E-state index contributed by atoms with van der Waals surface area (Å²) < 4.78 is 0. The summed E-state index contributed by atoms with van der Waals surface area (Å²) in [6, 6.07) is 1.57. The van der Waals surface area contributed by atoms with Crippen LogP contribution in [0.1, 0.15) is 20.8 Å². The lowest BCUT2D eigenvalue weighted by atomic mass is 10.1. The van der Waals surface area contributed by atoms with Gasteiger partial charge in [-0.05, 0) is 32.0 Å². The zero-order chi connectivity index (χ0) is 10.8. The van der Waals surface area contributed by atoms with Gasteiger partial charge in [0.2, 0.25) is 0 Å². The molecule has 14 heavy (non-hydrogen) atoms. The van der Waals surface area contributed by atoms with Gasteiger partial charge in [0.15, 0.2) is 0 Å². The summed E-state index contributed by atoms with van der Waals surface area (Å²) in [5.74, 6) is 0. The molecule has 5 nitrogen and oxygen atoms in total. The first-order chi connectivity index (χ1) is 6.40. The van der Waals surface area contributed by atoms with E-state index in [1.807, 2.05) is 20.8 Å². The lowest BCUT2D eigenvalue weighted by Crippen LogP contribution is -2.13. The number of nitrogen functional groups attached to an aromatic ring is 1. The van der Waals surface area contributed by atoms with Gasteiger partial charge in [-0.25, -0.2) is 0 Å². The molecule has 0 unspecified atom stereocenters. The molecule has 0 aliphatic rings. The number of nitrogens with zero attached hydrogens (tertiary/aromatic N) is 3. The number of anilines is 1. The first-order valence-corrected chi connectivity index (χ1v) is 4.30. The van der Waals surface area contributed by atoms with E-state index in [-0.39, 0.29) is 5.69 Å². The molecule has 1 heterocycles. The minimum Gasteiger partial charge on any atom is -0.594 e. The van der Waals surface area contributed by atoms with Crippen LogP contribution in [0.4, 0.5) is 11.4 Å². The number of hydrogen-bond donors (Lipinski definition) is 1. The van der Waals surface area contributed by atoms with E-state index in [9.17, 15) is 5.21 Å². The third-order valence-corrected chi connectivity index (χ3v) is 1.43. The second-order valence-corrected chi connectivity index (χ2v) is 3.98. The summed E-state index contributed by atoms with van der Waals surface area (Å²) >= 11 is 0. The number of azo groups is 1. The molecule has 1 aromatic rings. The minimum atomic E-state index is -0.427. The Bertz CT molecular complexity index is 354. The molecule has 1 aromatic heterocycles. The summed E-state index contributed by atoms with van der Waals surface area (Å²) in [5, 5.41) is 15.4. The zero-order valence-corrected chi connectivity index (χ0v) is 8.56. The molecule has 0 aliphatic carbocycles. The predicted octanol–water partition coefficient (Wildman–Crippen LogP) is 2.06. The second-order valence-electron chi connectivity index (χ2n) is 3.98. The highest BCUT2D eigenvalue weighted by Crippen LogP contribution is 2.20. The number of rotatable bonds is 1. The topological polar surface area (TPSA) is 77.3 Å². The summed E-state index contributed by atoms with van der Waals surface area (Å²) in [6.07, 6.45) is 2.93. The van der Waals surface area contributed by atoms with Crippen molar-refractivity contribution in [2.45, 2.75) is 26.3 Å². The summed E-state index contributed by atoms with van der Waals surface area (Å²) in [7, 11) is 0. The number of nitrogens with two attached hydrogens (primary N) is 1. The summed E-state index contributed by atoms with van der Waals surface area (Å²) in [4.78, 5) is 4.33. The molecule has 0 amide bonds. The highest BCUT2D eigenvalue weighted by molar-refractivity contribution is 5.55. The van der Waals surface area contributed by atoms with Crippen molar-refractivity contribution < 1.29 is 4.86 Å². The fraction of sp³-hybridized carbons (Fsp3) is 0.444. The van der Waals surface area contributed by atoms with Crippen molar-refractivity contribution in [2.24, 2.45) is 5.11 Å².